The Morgan fingerprint density at radius 3 is 2.77 bits per heavy atom. The quantitative estimate of drug-likeness (QED) is 0.494. The maximum absolute atomic E-state index is 11.5. The van der Waals surface area contributed by atoms with Crippen molar-refractivity contribution in [2.75, 3.05) is 20.1 Å². The third kappa shape index (κ3) is 4.68. The van der Waals surface area contributed by atoms with Gasteiger partial charge in [0.2, 0.25) is 5.91 Å². The molecule has 1 N–H and O–H groups in total. The van der Waals surface area contributed by atoms with E-state index < -0.39 is 0 Å². The molecular formula is C10H20N2O. The van der Waals surface area contributed by atoms with Gasteiger partial charge in [-0.3, -0.25) is 4.79 Å². The van der Waals surface area contributed by atoms with E-state index in [0.29, 0.717) is 0 Å². The normalized spacial score (nSPS) is 12.2. The highest BCUT2D eigenvalue weighted by Crippen LogP contribution is 1.91. The number of hydrogen-bond acceptors (Lipinski definition) is 2. The number of nitrogens with zero attached hydrogens (tertiary/aromatic N) is 1. The maximum Gasteiger partial charge on any atom is 0.239 e. The molecule has 1 unspecified atom stereocenters. The second-order valence-electron chi connectivity index (χ2n) is 3.11. The Labute approximate surface area is 80.8 Å². The Bertz CT molecular complexity index is 168. The van der Waals surface area contributed by atoms with Crippen molar-refractivity contribution in [3.8, 4) is 0 Å². The van der Waals surface area contributed by atoms with Gasteiger partial charge < -0.3 is 10.2 Å². The maximum atomic E-state index is 11.5. The van der Waals surface area contributed by atoms with Gasteiger partial charge >= 0.3 is 0 Å². The van der Waals surface area contributed by atoms with Gasteiger partial charge in [-0.15, -0.1) is 6.58 Å². The third-order valence-electron chi connectivity index (χ3n) is 2.02. The number of amides is 1. The number of likely N-dealkylation sites (N-methyl/N-ethyl adjacent to an activating group) is 1. The van der Waals surface area contributed by atoms with Crippen molar-refractivity contribution in [3.63, 3.8) is 0 Å². The summed E-state index contributed by atoms with van der Waals surface area (Å²) in [6.45, 7) is 9.04. The molecule has 0 aromatic heterocycles. The van der Waals surface area contributed by atoms with Crippen LogP contribution in [0.4, 0.5) is 0 Å². The van der Waals surface area contributed by atoms with Crippen LogP contribution in [0.3, 0.4) is 0 Å². The van der Waals surface area contributed by atoms with Crippen LogP contribution in [0.5, 0.6) is 0 Å². The molecule has 1 amide bonds. The molecule has 3 nitrogen and oxygen atoms in total. The van der Waals surface area contributed by atoms with Crippen molar-refractivity contribution >= 4 is 5.91 Å². The van der Waals surface area contributed by atoms with Crippen LogP contribution in [0.25, 0.3) is 0 Å². The molecule has 0 heterocycles. The fraction of sp³-hybridized carbons (Fsp3) is 0.700. The molecule has 0 radical (unpaired) electrons. The van der Waals surface area contributed by atoms with E-state index in [9.17, 15) is 4.79 Å². The zero-order chi connectivity index (χ0) is 10.3. The fourth-order valence-corrected chi connectivity index (χ4v) is 0.976. The Morgan fingerprint density at radius 2 is 2.31 bits per heavy atom. The second-order valence-corrected chi connectivity index (χ2v) is 3.11. The van der Waals surface area contributed by atoms with Crippen LogP contribution in [0.15, 0.2) is 12.7 Å². The van der Waals surface area contributed by atoms with E-state index in [4.69, 9.17) is 0 Å². The van der Waals surface area contributed by atoms with E-state index in [0.717, 1.165) is 19.5 Å². The lowest BCUT2D eigenvalue weighted by Gasteiger charge is -2.20. The second kappa shape index (κ2) is 6.66. The minimum atomic E-state index is -0.0927. The summed E-state index contributed by atoms with van der Waals surface area (Å²) >= 11 is 0. The van der Waals surface area contributed by atoms with Crippen LogP contribution in [0.2, 0.25) is 0 Å². The van der Waals surface area contributed by atoms with Crippen LogP contribution in [-0.4, -0.2) is 37.0 Å². The topological polar surface area (TPSA) is 32.3 Å². The molecule has 76 valence electrons. The SMILES string of the molecule is C=CCCNC(C)C(=O)N(C)CC. The van der Waals surface area contributed by atoms with Gasteiger partial charge in [0.05, 0.1) is 6.04 Å². The lowest BCUT2D eigenvalue weighted by molar-refractivity contribution is -0.131. The third-order valence-corrected chi connectivity index (χ3v) is 2.02. The van der Waals surface area contributed by atoms with Crippen molar-refractivity contribution < 1.29 is 4.79 Å². The smallest absolute Gasteiger partial charge is 0.239 e. The van der Waals surface area contributed by atoms with Crippen LogP contribution in [-0.2, 0) is 4.79 Å². The fourth-order valence-electron chi connectivity index (χ4n) is 0.976. The molecule has 0 rings (SSSR count). The Hall–Kier alpha value is -0.830. The molecule has 0 aliphatic heterocycles. The highest BCUT2D eigenvalue weighted by molar-refractivity contribution is 5.81. The van der Waals surface area contributed by atoms with Gasteiger partial charge in [0.25, 0.3) is 0 Å². The summed E-state index contributed by atoms with van der Waals surface area (Å²) in [5, 5.41) is 3.14. The van der Waals surface area contributed by atoms with E-state index in [-0.39, 0.29) is 11.9 Å². The minimum Gasteiger partial charge on any atom is -0.345 e. The summed E-state index contributed by atoms with van der Waals surface area (Å²) in [7, 11) is 1.81. The number of carbonyl (C=O) groups excluding carboxylic acids is 1. The highest BCUT2D eigenvalue weighted by Gasteiger charge is 2.14. The van der Waals surface area contributed by atoms with E-state index >= 15 is 0 Å². The van der Waals surface area contributed by atoms with E-state index in [1.807, 2.05) is 27.0 Å². The van der Waals surface area contributed by atoms with Gasteiger partial charge in [-0.2, -0.15) is 0 Å². The number of rotatable bonds is 6. The van der Waals surface area contributed by atoms with E-state index in [1.165, 1.54) is 0 Å². The molecule has 0 spiro atoms. The van der Waals surface area contributed by atoms with Gasteiger partial charge in [0, 0.05) is 13.6 Å². The van der Waals surface area contributed by atoms with Crippen LogP contribution < -0.4 is 5.32 Å². The predicted molar refractivity (Wildman–Crippen MR) is 55.6 cm³/mol. The van der Waals surface area contributed by atoms with Crippen molar-refractivity contribution in [2.24, 2.45) is 0 Å². The van der Waals surface area contributed by atoms with E-state index in [2.05, 4.69) is 11.9 Å². The molecule has 0 aliphatic rings. The van der Waals surface area contributed by atoms with Gasteiger partial charge in [0.15, 0.2) is 0 Å². The van der Waals surface area contributed by atoms with Gasteiger partial charge in [-0.25, -0.2) is 0 Å². The Kier molecular flexibility index (Phi) is 6.24. The lowest BCUT2D eigenvalue weighted by Crippen LogP contribution is -2.43. The average Bonchev–Trinajstić information content (AvgIpc) is 2.15. The van der Waals surface area contributed by atoms with Crippen molar-refractivity contribution in [3.05, 3.63) is 12.7 Å². The summed E-state index contributed by atoms with van der Waals surface area (Å²) in [5.74, 6) is 0.145. The molecule has 0 fully saturated rings. The summed E-state index contributed by atoms with van der Waals surface area (Å²) in [4.78, 5) is 13.2. The molecule has 3 heteroatoms. The van der Waals surface area contributed by atoms with Gasteiger partial charge in [-0.1, -0.05) is 6.08 Å². The van der Waals surface area contributed by atoms with Crippen LogP contribution in [0.1, 0.15) is 20.3 Å². The molecule has 0 aromatic rings. The van der Waals surface area contributed by atoms with Gasteiger partial charge in [-0.05, 0) is 26.8 Å². The first-order valence-corrected chi connectivity index (χ1v) is 4.72. The number of carbonyl (C=O) groups is 1. The zero-order valence-corrected chi connectivity index (χ0v) is 8.84. The monoisotopic (exact) mass is 184 g/mol. The van der Waals surface area contributed by atoms with Gasteiger partial charge in [0.1, 0.15) is 0 Å². The minimum absolute atomic E-state index is 0.0927. The molecule has 1 atom stereocenters. The predicted octanol–water partition coefficient (Wildman–Crippen LogP) is 1.02. The summed E-state index contributed by atoms with van der Waals surface area (Å²) in [5.41, 5.74) is 0. The Balaban J connectivity index is 3.75. The number of hydrogen-bond donors (Lipinski definition) is 1. The molecule has 0 saturated heterocycles. The standard InChI is InChI=1S/C10H20N2O/c1-5-7-8-11-9(3)10(13)12(4)6-2/h5,9,11H,1,6-8H2,2-4H3. The lowest BCUT2D eigenvalue weighted by atomic mass is 10.3. The zero-order valence-electron chi connectivity index (χ0n) is 8.84. The first-order valence-electron chi connectivity index (χ1n) is 4.72. The molecule has 0 aromatic carbocycles. The first-order chi connectivity index (χ1) is 6.13. The van der Waals surface area contributed by atoms with Crippen LogP contribution >= 0.6 is 0 Å². The molecule has 13 heavy (non-hydrogen) atoms. The van der Waals surface area contributed by atoms with Crippen molar-refractivity contribution in [1.82, 2.24) is 10.2 Å². The average molecular weight is 184 g/mol. The Morgan fingerprint density at radius 1 is 1.69 bits per heavy atom. The highest BCUT2D eigenvalue weighted by atomic mass is 16.2. The first kappa shape index (κ1) is 12.2. The molecular weight excluding hydrogens is 164 g/mol. The summed E-state index contributed by atoms with van der Waals surface area (Å²) in [6.07, 6.45) is 2.74. The van der Waals surface area contributed by atoms with Crippen molar-refractivity contribution in [2.45, 2.75) is 26.3 Å². The molecule has 0 bridgehead atoms. The number of nitrogens with one attached hydrogen (secondary N) is 1. The van der Waals surface area contributed by atoms with Crippen LogP contribution in [0, 0.1) is 0 Å². The van der Waals surface area contributed by atoms with E-state index in [1.54, 1.807) is 4.90 Å². The molecule has 0 saturated carbocycles. The molecule has 0 aliphatic carbocycles. The largest absolute Gasteiger partial charge is 0.345 e. The summed E-state index contributed by atoms with van der Waals surface area (Å²) < 4.78 is 0. The van der Waals surface area contributed by atoms with Crippen molar-refractivity contribution in [1.29, 1.82) is 0 Å². The summed E-state index contributed by atoms with van der Waals surface area (Å²) in [6, 6.07) is -0.0927.